The van der Waals surface area contributed by atoms with Crippen LogP contribution in [-0.4, -0.2) is 23.5 Å². The average molecular weight is 498 g/mol. The zero-order valence-electron chi connectivity index (χ0n) is 24.1. The van der Waals surface area contributed by atoms with Crippen LogP contribution in [0.5, 0.6) is 0 Å². The van der Waals surface area contributed by atoms with E-state index in [1.54, 1.807) is 6.92 Å². The summed E-state index contributed by atoms with van der Waals surface area (Å²) in [7, 11) is 0. The number of oxime groups is 1. The molecule has 0 aliphatic heterocycles. The fraction of sp³-hybridized carbons (Fsp3) is 0.875. The number of allylic oxidation sites excluding steroid dienone is 1. The number of fused-ring (bicyclic) bond motifs is 7. The first-order chi connectivity index (χ1) is 16.8. The van der Waals surface area contributed by atoms with Gasteiger partial charge in [-0.2, -0.15) is 0 Å². The monoisotopic (exact) mass is 497 g/mol. The minimum atomic E-state index is -0.136. The van der Waals surface area contributed by atoms with Gasteiger partial charge in [0.15, 0.2) is 0 Å². The van der Waals surface area contributed by atoms with Crippen LogP contribution in [0.15, 0.2) is 17.3 Å². The molecule has 4 nitrogen and oxygen atoms in total. The minimum Gasteiger partial charge on any atom is -0.465 e. The molecule has 0 aromatic rings. The molecule has 0 radical (unpaired) electrons. The molecule has 2 unspecified atom stereocenters. The lowest BCUT2D eigenvalue weighted by atomic mass is 9.32. The Balaban J connectivity index is 1.53. The molecule has 0 aromatic carbocycles. The van der Waals surface area contributed by atoms with E-state index in [1.807, 2.05) is 0 Å². The molecule has 5 rings (SSSR count). The SMILES string of the molecule is C=C(C)[C@@H]1CC[C@]2(COC(C)=O)CC[C@]3(C)C(CCC4[C@@]5(C)CC/C(=N/O)C(C)(C)[C@@H]5CC[C@]43C)[C@@H]12. The van der Waals surface area contributed by atoms with Crippen LogP contribution < -0.4 is 0 Å². The minimum absolute atomic E-state index is 0.0386. The fourth-order valence-electron chi connectivity index (χ4n) is 11.8. The summed E-state index contributed by atoms with van der Waals surface area (Å²) in [5, 5.41) is 13.6. The molecule has 0 aromatic heterocycles. The van der Waals surface area contributed by atoms with E-state index in [2.05, 4.69) is 53.3 Å². The van der Waals surface area contributed by atoms with Gasteiger partial charge in [-0.25, -0.2) is 0 Å². The summed E-state index contributed by atoms with van der Waals surface area (Å²) in [5.41, 5.74) is 3.32. The van der Waals surface area contributed by atoms with Crippen molar-refractivity contribution in [3.05, 3.63) is 12.2 Å². The quantitative estimate of drug-likeness (QED) is 0.186. The van der Waals surface area contributed by atoms with Crippen molar-refractivity contribution in [1.29, 1.82) is 0 Å². The maximum Gasteiger partial charge on any atom is 0.302 e. The van der Waals surface area contributed by atoms with Crippen molar-refractivity contribution in [2.45, 2.75) is 113 Å². The highest BCUT2D eigenvalue weighted by atomic mass is 16.5. The molecule has 0 spiro atoms. The van der Waals surface area contributed by atoms with E-state index in [4.69, 9.17) is 4.74 Å². The smallest absolute Gasteiger partial charge is 0.302 e. The van der Waals surface area contributed by atoms with E-state index < -0.39 is 0 Å². The summed E-state index contributed by atoms with van der Waals surface area (Å²) in [6.45, 7) is 21.5. The number of ether oxygens (including phenoxy) is 1. The van der Waals surface area contributed by atoms with E-state index in [-0.39, 0.29) is 22.2 Å². The molecule has 1 N–H and O–H groups in total. The zero-order valence-corrected chi connectivity index (χ0v) is 24.1. The molecule has 0 heterocycles. The third kappa shape index (κ3) is 3.30. The molecule has 0 bridgehead atoms. The van der Waals surface area contributed by atoms with Crippen LogP contribution in [0.3, 0.4) is 0 Å². The van der Waals surface area contributed by atoms with E-state index in [1.165, 1.54) is 56.9 Å². The van der Waals surface area contributed by atoms with Crippen molar-refractivity contribution in [3.63, 3.8) is 0 Å². The second-order valence-electron chi connectivity index (χ2n) is 15.1. The number of esters is 1. The van der Waals surface area contributed by atoms with Crippen molar-refractivity contribution in [2.24, 2.45) is 61.8 Å². The largest absolute Gasteiger partial charge is 0.465 e. The summed E-state index contributed by atoms with van der Waals surface area (Å²) >= 11 is 0. The summed E-state index contributed by atoms with van der Waals surface area (Å²) in [4.78, 5) is 11.9. The second kappa shape index (κ2) is 8.34. The predicted molar refractivity (Wildman–Crippen MR) is 145 cm³/mol. The maximum atomic E-state index is 11.9. The van der Waals surface area contributed by atoms with Crippen molar-refractivity contribution < 1.29 is 14.7 Å². The van der Waals surface area contributed by atoms with Crippen molar-refractivity contribution in [2.75, 3.05) is 6.61 Å². The predicted octanol–water partition coefficient (Wildman–Crippen LogP) is 8.04. The van der Waals surface area contributed by atoms with E-state index >= 15 is 0 Å². The van der Waals surface area contributed by atoms with Crippen molar-refractivity contribution in [1.82, 2.24) is 0 Å². The van der Waals surface area contributed by atoms with Crippen LogP contribution in [0.4, 0.5) is 0 Å². The topological polar surface area (TPSA) is 58.9 Å². The molecular weight excluding hydrogens is 446 g/mol. The molecule has 5 fully saturated rings. The first-order valence-electron chi connectivity index (χ1n) is 14.8. The zero-order chi connectivity index (χ0) is 26.3. The van der Waals surface area contributed by atoms with Crippen LogP contribution in [0.25, 0.3) is 0 Å². The molecule has 9 atom stereocenters. The van der Waals surface area contributed by atoms with E-state index in [0.29, 0.717) is 47.0 Å². The molecule has 0 amide bonds. The number of hydrogen-bond donors (Lipinski definition) is 1. The first kappa shape index (κ1) is 26.3. The summed E-state index contributed by atoms with van der Waals surface area (Å²) in [6.07, 6.45) is 12.0. The molecule has 4 heteroatoms. The molecule has 5 saturated carbocycles. The average Bonchev–Trinajstić information content (AvgIpc) is 3.18. The van der Waals surface area contributed by atoms with Crippen LogP contribution in [0.1, 0.15) is 113 Å². The second-order valence-corrected chi connectivity index (χ2v) is 15.1. The van der Waals surface area contributed by atoms with Gasteiger partial charge in [-0.15, -0.1) is 0 Å². The van der Waals surface area contributed by atoms with Gasteiger partial charge in [0, 0.05) is 17.8 Å². The highest BCUT2D eigenvalue weighted by Crippen LogP contribution is 2.77. The van der Waals surface area contributed by atoms with Gasteiger partial charge < -0.3 is 9.94 Å². The standard InChI is InChI=1S/C32H51NO3/c1-20(2)22-11-16-32(19-36-21(3)34)18-17-30(7)23(27(22)32)9-10-25-29(6)14-13-26(33-35)28(4,5)24(29)12-15-31(25,30)8/h22-25,27,35H,1,9-19H2,2-8H3/b33-26-/t22-,23?,24-,25?,27+,29-,30+,31+,32+/m0/s1. The van der Waals surface area contributed by atoms with Gasteiger partial charge in [-0.05, 0) is 117 Å². The highest BCUT2D eigenvalue weighted by Gasteiger charge is 2.70. The molecular formula is C32H51NO3. The molecule has 36 heavy (non-hydrogen) atoms. The Morgan fingerprint density at radius 3 is 2.31 bits per heavy atom. The third-order valence-electron chi connectivity index (χ3n) is 13.7. The summed E-state index contributed by atoms with van der Waals surface area (Å²) < 4.78 is 5.79. The Morgan fingerprint density at radius 2 is 1.67 bits per heavy atom. The lowest BCUT2D eigenvalue weighted by Gasteiger charge is -2.72. The van der Waals surface area contributed by atoms with Crippen LogP contribution in [0, 0.1) is 56.7 Å². The van der Waals surface area contributed by atoms with E-state index in [9.17, 15) is 10.0 Å². The van der Waals surface area contributed by atoms with Crippen LogP contribution in [-0.2, 0) is 9.53 Å². The van der Waals surface area contributed by atoms with Gasteiger partial charge in [-0.1, -0.05) is 51.9 Å². The van der Waals surface area contributed by atoms with Gasteiger partial charge in [0.05, 0.1) is 12.3 Å². The molecule has 5 aliphatic carbocycles. The van der Waals surface area contributed by atoms with Crippen LogP contribution in [0.2, 0.25) is 0 Å². The Kier molecular flexibility index (Phi) is 6.09. The Hall–Kier alpha value is -1.32. The lowest BCUT2D eigenvalue weighted by Crippen LogP contribution is -2.66. The number of rotatable bonds is 3. The lowest BCUT2D eigenvalue weighted by molar-refractivity contribution is -0.231. The third-order valence-corrected chi connectivity index (χ3v) is 13.7. The highest BCUT2D eigenvalue weighted by molar-refractivity contribution is 5.90. The van der Waals surface area contributed by atoms with Gasteiger partial charge in [0.25, 0.3) is 0 Å². The fourth-order valence-corrected chi connectivity index (χ4v) is 11.8. The van der Waals surface area contributed by atoms with Gasteiger partial charge in [0.1, 0.15) is 0 Å². The number of nitrogens with zero attached hydrogens (tertiary/aromatic N) is 1. The maximum absolute atomic E-state index is 11.9. The Labute approximate surface area is 219 Å². The Bertz CT molecular complexity index is 968. The summed E-state index contributed by atoms with van der Waals surface area (Å²) in [5.74, 6) is 2.93. The first-order valence-corrected chi connectivity index (χ1v) is 14.8. The molecule has 202 valence electrons. The van der Waals surface area contributed by atoms with Gasteiger partial charge >= 0.3 is 5.97 Å². The number of carbonyl (C=O) groups is 1. The van der Waals surface area contributed by atoms with Crippen LogP contribution >= 0.6 is 0 Å². The molecule has 0 saturated heterocycles. The number of carbonyl (C=O) groups excluding carboxylic acids is 1. The summed E-state index contributed by atoms with van der Waals surface area (Å²) in [6, 6.07) is 0. The Morgan fingerprint density at radius 1 is 0.944 bits per heavy atom. The molecule has 5 aliphatic rings. The number of hydrogen-bond acceptors (Lipinski definition) is 4. The van der Waals surface area contributed by atoms with Gasteiger partial charge in [-0.3, -0.25) is 4.79 Å². The van der Waals surface area contributed by atoms with Crippen molar-refractivity contribution in [3.8, 4) is 0 Å². The van der Waals surface area contributed by atoms with E-state index in [0.717, 1.165) is 18.6 Å². The normalized spacial score (nSPS) is 50.4. The van der Waals surface area contributed by atoms with Gasteiger partial charge in [0.2, 0.25) is 0 Å². The van der Waals surface area contributed by atoms with Crippen molar-refractivity contribution >= 4 is 11.7 Å².